The molecule has 0 saturated heterocycles. The molecular formula is C16H15F3N2S. The standard InChI is InChI=1S/C16H15F3N2S/c1-11(12-5-3-2-4-6-12)20-15(22)21-14-9-7-13(8-10-14)16(17,18)19/h2-11H,1H3,(H2,20,21,22). The molecule has 0 aliphatic heterocycles. The summed E-state index contributed by atoms with van der Waals surface area (Å²) in [4.78, 5) is 0. The molecule has 1 unspecified atom stereocenters. The first kappa shape index (κ1) is 16.3. The van der Waals surface area contributed by atoms with Crippen LogP contribution in [-0.2, 0) is 6.18 Å². The van der Waals surface area contributed by atoms with E-state index in [-0.39, 0.29) is 6.04 Å². The Balaban J connectivity index is 1.95. The zero-order valence-corrected chi connectivity index (χ0v) is 12.6. The van der Waals surface area contributed by atoms with Crippen LogP contribution in [0.4, 0.5) is 18.9 Å². The van der Waals surface area contributed by atoms with Crippen molar-refractivity contribution in [3.63, 3.8) is 0 Å². The highest BCUT2D eigenvalue weighted by atomic mass is 32.1. The van der Waals surface area contributed by atoms with E-state index in [1.807, 2.05) is 37.3 Å². The summed E-state index contributed by atoms with van der Waals surface area (Å²) < 4.78 is 37.4. The molecule has 0 spiro atoms. The lowest BCUT2D eigenvalue weighted by atomic mass is 10.1. The lowest BCUT2D eigenvalue weighted by molar-refractivity contribution is -0.137. The Bertz CT molecular complexity index is 624. The van der Waals surface area contributed by atoms with Gasteiger partial charge in [-0.1, -0.05) is 30.3 Å². The second-order valence-electron chi connectivity index (χ2n) is 4.81. The molecule has 1 atom stereocenters. The van der Waals surface area contributed by atoms with Crippen molar-refractivity contribution in [2.24, 2.45) is 0 Å². The zero-order chi connectivity index (χ0) is 16.2. The Morgan fingerprint density at radius 3 is 2.14 bits per heavy atom. The first-order chi connectivity index (χ1) is 10.4. The van der Waals surface area contributed by atoms with Crippen molar-refractivity contribution in [2.45, 2.75) is 19.1 Å². The molecule has 0 fully saturated rings. The van der Waals surface area contributed by atoms with Gasteiger partial charge in [-0.15, -0.1) is 0 Å². The van der Waals surface area contributed by atoms with E-state index in [0.717, 1.165) is 17.7 Å². The molecule has 2 aromatic rings. The third-order valence-corrected chi connectivity index (χ3v) is 3.34. The van der Waals surface area contributed by atoms with Gasteiger partial charge in [0.1, 0.15) is 0 Å². The Labute approximate surface area is 132 Å². The van der Waals surface area contributed by atoms with Gasteiger partial charge in [0.15, 0.2) is 5.11 Å². The fourth-order valence-corrected chi connectivity index (χ4v) is 2.23. The summed E-state index contributed by atoms with van der Waals surface area (Å²) in [6.45, 7) is 1.95. The van der Waals surface area contributed by atoms with Gasteiger partial charge in [0.05, 0.1) is 11.6 Å². The van der Waals surface area contributed by atoms with Crippen molar-refractivity contribution in [3.05, 3.63) is 65.7 Å². The molecule has 6 heteroatoms. The molecule has 0 radical (unpaired) electrons. The SMILES string of the molecule is CC(NC(=S)Nc1ccc(C(F)(F)F)cc1)c1ccccc1. The molecule has 0 aliphatic rings. The van der Waals surface area contributed by atoms with Crippen molar-refractivity contribution in [1.82, 2.24) is 5.32 Å². The molecule has 0 aromatic heterocycles. The van der Waals surface area contributed by atoms with Gasteiger partial charge in [0.2, 0.25) is 0 Å². The molecule has 2 aromatic carbocycles. The fourth-order valence-electron chi connectivity index (χ4n) is 1.93. The van der Waals surface area contributed by atoms with E-state index < -0.39 is 11.7 Å². The second-order valence-corrected chi connectivity index (χ2v) is 5.21. The molecule has 2 N–H and O–H groups in total. The Morgan fingerprint density at radius 1 is 1.00 bits per heavy atom. The highest BCUT2D eigenvalue weighted by Gasteiger charge is 2.29. The summed E-state index contributed by atoms with van der Waals surface area (Å²) in [6.07, 6.45) is -4.33. The van der Waals surface area contributed by atoms with Crippen LogP contribution in [0.25, 0.3) is 0 Å². The van der Waals surface area contributed by atoms with E-state index in [0.29, 0.717) is 10.8 Å². The first-order valence-electron chi connectivity index (χ1n) is 6.66. The van der Waals surface area contributed by atoms with Gasteiger partial charge in [0.25, 0.3) is 0 Å². The fraction of sp³-hybridized carbons (Fsp3) is 0.188. The minimum Gasteiger partial charge on any atom is -0.356 e. The largest absolute Gasteiger partial charge is 0.416 e. The topological polar surface area (TPSA) is 24.1 Å². The predicted molar refractivity (Wildman–Crippen MR) is 85.7 cm³/mol. The van der Waals surface area contributed by atoms with E-state index in [1.165, 1.54) is 12.1 Å². The number of hydrogen-bond acceptors (Lipinski definition) is 1. The number of alkyl halides is 3. The number of hydrogen-bond donors (Lipinski definition) is 2. The van der Waals surface area contributed by atoms with Gasteiger partial charge in [0, 0.05) is 5.69 Å². The van der Waals surface area contributed by atoms with Gasteiger partial charge in [-0.05, 0) is 49.0 Å². The summed E-state index contributed by atoms with van der Waals surface area (Å²) in [5.74, 6) is 0. The quantitative estimate of drug-likeness (QED) is 0.797. The van der Waals surface area contributed by atoms with E-state index in [1.54, 1.807) is 0 Å². The van der Waals surface area contributed by atoms with E-state index in [2.05, 4.69) is 10.6 Å². The number of halogens is 3. The Hall–Kier alpha value is -2.08. The van der Waals surface area contributed by atoms with Gasteiger partial charge < -0.3 is 10.6 Å². The van der Waals surface area contributed by atoms with Crippen LogP contribution in [0, 0.1) is 0 Å². The molecule has 116 valence electrons. The Kier molecular flexibility index (Phi) is 5.03. The number of rotatable bonds is 3. The maximum Gasteiger partial charge on any atom is 0.416 e. The van der Waals surface area contributed by atoms with Gasteiger partial charge in [-0.2, -0.15) is 13.2 Å². The van der Waals surface area contributed by atoms with Gasteiger partial charge >= 0.3 is 6.18 Å². The van der Waals surface area contributed by atoms with Crippen molar-refractivity contribution in [2.75, 3.05) is 5.32 Å². The average molecular weight is 324 g/mol. The summed E-state index contributed by atoms with van der Waals surface area (Å²) in [5.41, 5.74) is 0.888. The maximum atomic E-state index is 12.5. The third-order valence-electron chi connectivity index (χ3n) is 3.12. The van der Waals surface area contributed by atoms with Crippen LogP contribution in [0.2, 0.25) is 0 Å². The van der Waals surface area contributed by atoms with Gasteiger partial charge in [-0.3, -0.25) is 0 Å². The molecule has 0 amide bonds. The summed E-state index contributed by atoms with van der Waals surface area (Å²) in [7, 11) is 0. The van der Waals surface area contributed by atoms with Crippen molar-refractivity contribution in [3.8, 4) is 0 Å². The predicted octanol–water partition coefficient (Wildman–Crippen LogP) is 4.75. The molecule has 2 rings (SSSR count). The minimum atomic E-state index is -4.33. The molecule has 0 aliphatic carbocycles. The van der Waals surface area contributed by atoms with Crippen LogP contribution in [-0.4, -0.2) is 5.11 Å². The van der Waals surface area contributed by atoms with Crippen LogP contribution in [0.5, 0.6) is 0 Å². The molecule has 0 heterocycles. The first-order valence-corrected chi connectivity index (χ1v) is 7.07. The normalized spacial score (nSPS) is 12.5. The summed E-state index contributed by atoms with van der Waals surface area (Å²) in [6, 6.07) is 14.5. The molecule has 22 heavy (non-hydrogen) atoms. The van der Waals surface area contributed by atoms with Crippen LogP contribution in [0.1, 0.15) is 24.1 Å². The highest BCUT2D eigenvalue weighted by Crippen LogP contribution is 2.29. The molecule has 0 bridgehead atoms. The van der Waals surface area contributed by atoms with E-state index in [9.17, 15) is 13.2 Å². The number of anilines is 1. The van der Waals surface area contributed by atoms with E-state index in [4.69, 9.17) is 12.2 Å². The van der Waals surface area contributed by atoms with Crippen LogP contribution in [0.3, 0.4) is 0 Å². The lowest BCUT2D eigenvalue weighted by Crippen LogP contribution is -2.30. The summed E-state index contributed by atoms with van der Waals surface area (Å²) >= 11 is 5.17. The average Bonchev–Trinajstić information content (AvgIpc) is 2.47. The zero-order valence-electron chi connectivity index (χ0n) is 11.8. The lowest BCUT2D eigenvalue weighted by Gasteiger charge is -2.17. The smallest absolute Gasteiger partial charge is 0.356 e. The molecule has 0 saturated carbocycles. The van der Waals surface area contributed by atoms with Crippen LogP contribution in [0.15, 0.2) is 54.6 Å². The van der Waals surface area contributed by atoms with Crippen molar-refractivity contribution >= 4 is 23.0 Å². The molecule has 2 nitrogen and oxygen atoms in total. The Morgan fingerprint density at radius 2 is 1.59 bits per heavy atom. The van der Waals surface area contributed by atoms with E-state index >= 15 is 0 Å². The summed E-state index contributed by atoms with van der Waals surface area (Å²) in [5, 5.41) is 6.32. The maximum absolute atomic E-state index is 12.5. The van der Waals surface area contributed by atoms with Crippen LogP contribution < -0.4 is 10.6 Å². The molecular weight excluding hydrogens is 309 g/mol. The second kappa shape index (κ2) is 6.79. The number of nitrogens with one attached hydrogen (secondary N) is 2. The third kappa shape index (κ3) is 4.46. The minimum absolute atomic E-state index is 0.00403. The van der Waals surface area contributed by atoms with Crippen molar-refractivity contribution < 1.29 is 13.2 Å². The monoisotopic (exact) mass is 324 g/mol. The number of thiocarbonyl (C=S) groups is 1. The van der Waals surface area contributed by atoms with Crippen LogP contribution >= 0.6 is 12.2 Å². The highest BCUT2D eigenvalue weighted by molar-refractivity contribution is 7.80. The van der Waals surface area contributed by atoms with Gasteiger partial charge in [-0.25, -0.2) is 0 Å². The number of benzene rings is 2. The van der Waals surface area contributed by atoms with Crippen molar-refractivity contribution in [1.29, 1.82) is 0 Å².